The van der Waals surface area contributed by atoms with E-state index in [1.54, 1.807) is 0 Å². The van der Waals surface area contributed by atoms with Gasteiger partial charge in [-0.15, -0.1) is 0 Å². The number of rotatable bonds is 3. The van der Waals surface area contributed by atoms with Crippen LogP contribution in [0.2, 0.25) is 0 Å². The van der Waals surface area contributed by atoms with E-state index in [1.165, 1.54) is 17.5 Å². The van der Waals surface area contributed by atoms with E-state index >= 15 is 0 Å². The number of piperidine rings is 1. The molecule has 2 heterocycles. The lowest BCUT2D eigenvalue weighted by molar-refractivity contribution is -0.121. The molecule has 1 aromatic carbocycles. The highest BCUT2D eigenvalue weighted by Crippen LogP contribution is 2.31. The quantitative estimate of drug-likeness (QED) is 0.926. The fraction of sp³-hybridized carbons (Fsp3) is 0.611. The van der Waals surface area contributed by atoms with E-state index in [4.69, 9.17) is 0 Å². The van der Waals surface area contributed by atoms with Gasteiger partial charge in [-0.2, -0.15) is 0 Å². The van der Waals surface area contributed by atoms with Gasteiger partial charge in [0, 0.05) is 26.1 Å². The number of fused-ring (bicyclic) bond motifs is 1. The molecule has 114 valence electrons. The van der Waals surface area contributed by atoms with E-state index in [1.807, 2.05) is 0 Å². The maximum absolute atomic E-state index is 11.6. The fourth-order valence-electron chi connectivity index (χ4n) is 3.74. The van der Waals surface area contributed by atoms with Crippen LogP contribution >= 0.6 is 0 Å². The van der Waals surface area contributed by atoms with Gasteiger partial charge < -0.3 is 5.32 Å². The Balaban J connectivity index is 1.59. The molecule has 21 heavy (non-hydrogen) atoms. The maximum atomic E-state index is 11.6. The zero-order valence-electron chi connectivity index (χ0n) is 13.0. The molecule has 0 saturated carbocycles. The average molecular weight is 286 g/mol. The summed E-state index contributed by atoms with van der Waals surface area (Å²) in [4.78, 5) is 14.2. The molecule has 1 N–H and O–H groups in total. The molecular weight excluding hydrogens is 260 g/mol. The number of aryl methyl sites for hydroxylation is 1. The number of nitrogens with zero attached hydrogens (tertiary/aromatic N) is 1. The van der Waals surface area contributed by atoms with E-state index in [0.717, 1.165) is 45.4 Å². The van der Waals surface area contributed by atoms with Crippen molar-refractivity contribution in [3.8, 4) is 0 Å². The molecule has 2 aliphatic rings. The predicted octanol–water partition coefficient (Wildman–Crippen LogP) is 2.60. The molecule has 0 aliphatic carbocycles. The highest BCUT2D eigenvalue weighted by molar-refractivity contribution is 5.76. The minimum absolute atomic E-state index is 0.256. The fourth-order valence-corrected chi connectivity index (χ4v) is 3.74. The Morgan fingerprint density at radius 1 is 1.14 bits per heavy atom. The van der Waals surface area contributed by atoms with Crippen LogP contribution in [0.25, 0.3) is 0 Å². The second-order valence-electron chi connectivity index (χ2n) is 6.56. The zero-order chi connectivity index (χ0) is 14.7. The predicted molar refractivity (Wildman–Crippen MR) is 84.9 cm³/mol. The lowest BCUT2D eigenvalue weighted by Crippen LogP contribution is -2.40. The summed E-state index contributed by atoms with van der Waals surface area (Å²) in [6.45, 7) is 6.38. The summed E-state index contributed by atoms with van der Waals surface area (Å²) in [6.07, 6.45) is 4.16. The molecule has 1 aromatic rings. The van der Waals surface area contributed by atoms with E-state index in [0.29, 0.717) is 11.8 Å². The van der Waals surface area contributed by atoms with Gasteiger partial charge in [-0.05, 0) is 48.8 Å². The Hall–Kier alpha value is -1.35. The third kappa shape index (κ3) is 3.65. The van der Waals surface area contributed by atoms with E-state index < -0.39 is 0 Å². The molecule has 2 fully saturated rings. The SMILES string of the molecule is CCc1ccc(CN2CCC3CC(=O)NCCC3C2)cc1. The maximum Gasteiger partial charge on any atom is 0.220 e. The third-order valence-electron chi connectivity index (χ3n) is 5.10. The number of amides is 1. The summed E-state index contributed by atoms with van der Waals surface area (Å²) in [5.41, 5.74) is 2.82. The van der Waals surface area contributed by atoms with Gasteiger partial charge in [-0.3, -0.25) is 9.69 Å². The number of carbonyl (C=O) groups excluding carboxylic acids is 1. The van der Waals surface area contributed by atoms with Crippen LogP contribution in [-0.4, -0.2) is 30.4 Å². The standard InChI is InChI=1S/C18H26N2O/c1-2-14-3-5-15(6-4-14)12-20-10-8-16-11-18(21)19-9-7-17(16)13-20/h3-6,16-17H,2,7-13H2,1H3,(H,19,21). The number of hydrogen-bond donors (Lipinski definition) is 1. The summed E-state index contributed by atoms with van der Waals surface area (Å²) < 4.78 is 0. The first-order valence-corrected chi connectivity index (χ1v) is 8.31. The monoisotopic (exact) mass is 286 g/mol. The summed E-state index contributed by atoms with van der Waals surface area (Å²) in [5, 5.41) is 3.02. The molecule has 2 atom stereocenters. The van der Waals surface area contributed by atoms with Gasteiger partial charge in [0.15, 0.2) is 0 Å². The van der Waals surface area contributed by atoms with Crippen LogP contribution in [0.1, 0.15) is 37.3 Å². The van der Waals surface area contributed by atoms with Crippen molar-refractivity contribution in [2.24, 2.45) is 11.8 Å². The summed E-state index contributed by atoms with van der Waals surface area (Å²) >= 11 is 0. The topological polar surface area (TPSA) is 32.3 Å². The van der Waals surface area contributed by atoms with Crippen molar-refractivity contribution in [3.05, 3.63) is 35.4 Å². The second kappa shape index (κ2) is 6.61. The van der Waals surface area contributed by atoms with Crippen molar-refractivity contribution in [2.75, 3.05) is 19.6 Å². The summed E-state index contributed by atoms with van der Waals surface area (Å²) in [5.74, 6) is 1.55. The third-order valence-corrected chi connectivity index (χ3v) is 5.10. The second-order valence-corrected chi connectivity index (χ2v) is 6.56. The number of benzene rings is 1. The van der Waals surface area contributed by atoms with Crippen LogP contribution in [0.4, 0.5) is 0 Å². The Labute approximate surface area is 127 Å². The van der Waals surface area contributed by atoms with Gasteiger partial charge >= 0.3 is 0 Å². The van der Waals surface area contributed by atoms with Crippen molar-refractivity contribution < 1.29 is 4.79 Å². The van der Waals surface area contributed by atoms with Crippen LogP contribution in [0, 0.1) is 11.8 Å². The molecular formula is C18H26N2O. The zero-order valence-corrected chi connectivity index (χ0v) is 13.0. The van der Waals surface area contributed by atoms with Gasteiger partial charge in [0.1, 0.15) is 0 Å². The first kappa shape index (κ1) is 14.6. The Morgan fingerprint density at radius 2 is 1.90 bits per heavy atom. The highest BCUT2D eigenvalue weighted by Gasteiger charge is 2.32. The molecule has 2 unspecified atom stereocenters. The Morgan fingerprint density at radius 3 is 2.67 bits per heavy atom. The Kier molecular flexibility index (Phi) is 4.59. The summed E-state index contributed by atoms with van der Waals surface area (Å²) in [6, 6.07) is 9.03. The first-order chi connectivity index (χ1) is 10.2. The van der Waals surface area contributed by atoms with E-state index in [2.05, 4.69) is 41.4 Å². The minimum Gasteiger partial charge on any atom is -0.356 e. The van der Waals surface area contributed by atoms with Crippen LogP contribution in [0.3, 0.4) is 0 Å². The van der Waals surface area contributed by atoms with Gasteiger partial charge in [-0.1, -0.05) is 31.2 Å². The molecule has 0 spiro atoms. The van der Waals surface area contributed by atoms with Gasteiger partial charge in [0.05, 0.1) is 0 Å². The molecule has 0 aromatic heterocycles. The van der Waals surface area contributed by atoms with Gasteiger partial charge in [0.25, 0.3) is 0 Å². The smallest absolute Gasteiger partial charge is 0.220 e. The normalized spacial score (nSPS) is 26.8. The average Bonchev–Trinajstić information content (AvgIpc) is 2.68. The molecule has 3 nitrogen and oxygen atoms in total. The first-order valence-electron chi connectivity index (χ1n) is 8.31. The molecule has 3 heteroatoms. The molecule has 2 aliphatic heterocycles. The van der Waals surface area contributed by atoms with Crippen molar-refractivity contribution in [2.45, 2.75) is 39.2 Å². The molecule has 0 radical (unpaired) electrons. The van der Waals surface area contributed by atoms with Crippen molar-refractivity contribution >= 4 is 5.91 Å². The van der Waals surface area contributed by atoms with E-state index in [9.17, 15) is 4.79 Å². The summed E-state index contributed by atoms with van der Waals surface area (Å²) in [7, 11) is 0. The molecule has 1 amide bonds. The van der Waals surface area contributed by atoms with Crippen LogP contribution in [0.5, 0.6) is 0 Å². The van der Waals surface area contributed by atoms with Crippen LogP contribution in [0.15, 0.2) is 24.3 Å². The number of likely N-dealkylation sites (tertiary alicyclic amines) is 1. The molecule has 3 rings (SSSR count). The lowest BCUT2D eigenvalue weighted by atomic mass is 9.82. The number of nitrogens with one attached hydrogen (secondary N) is 1. The highest BCUT2D eigenvalue weighted by atomic mass is 16.1. The van der Waals surface area contributed by atoms with Gasteiger partial charge in [0.2, 0.25) is 5.91 Å². The van der Waals surface area contributed by atoms with E-state index in [-0.39, 0.29) is 5.91 Å². The van der Waals surface area contributed by atoms with Gasteiger partial charge in [-0.25, -0.2) is 0 Å². The lowest BCUT2D eigenvalue weighted by Gasteiger charge is -2.37. The molecule has 0 bridgehead atoms. The largest absolute Gasteiger partial charge is 0.356 e. The van der Waals surface area contributed by atoms with Crippen LogP contribution < -0.4 is 5.32 Å². The number of hydrogen-bond acceptors (Lipinski definition) is 2. The minimum atomic E-state index is 0.256. The van der Waals surface area contributed by atoms with Crippen LogP contribution in [-0.2, 0) is 17.8 Å². The van der Waals surface area contributed by atoms with Crippen molar-refractivity contribution in [1.82, 2.24) is 10.2 Å². The Bertz CT molecular complexity index is 482. The number of carbonyl (C=O) groups is 1. The van der Waals surface area contributed by atoms with Crippen molar-refractivity contribution in [1.29, 1.82) is 0 Å². The molecule has 2 saturated heterocycles. The van der Waals surface area contributed by atoms with Crippen molar-refractivity contribution in [3.63, 3.8) is 0 Å².